The molecule has 1 aliphatic rings. The third-order valence-corrected chi connectivity index (χ3v) is 2.14. The predicted molar refractivity (Wildman–Crippen MR) is 42.6 cm³/mol. The van der Waals surface area contributed by atoms with Crippen molar-refractivity contribution in [3.05, 3.63) is 0 Å². The fourth-order valence-corrected chi connectivity index (χ4v) is 1.39. The Morgan fingerprint density at radius 2 is 2.30 bits per heavy atom. The highest BCUT2D eigenvalue weighted by Crippen LogP contribution is 2.07. The lowest BCUT2D eigenvalue weighted by Crippen LogP contribution is -2.84. The van der Waals surface area contributed by atoms with Crippen molar-refractivity contribution < 1.29 is 4.99 Å². The molecular weight excluding hydrogens is 124 g/mol. The van der Waals surface area contributed by atoms with E-state index >= 15 is 0 Å². The molecule has 0 aromatic rings. The first kappa shape index (κ1) is 7.58. The van der Waals surface area contributed by atoms with E-state index in [1.54, 1.807) is 0 Å². The van der Waals surface area contributed by atoms with Crippen molar-refractivity contribution >= 4 is 5.84 Å². The lowest BCUT2D eigenvalue weighted by Gasteiger charge is -2.17. The maximum atomic E-state index is 5.67. The van der Waals surface area contributed by atoms with E-state index in [2.05, 4.69) is 18.8 Å². The molecule has 0 spiro atoms. The van der Waals surface area contributed by atoms with Gasteiger partial charge in [0.05, 0.1) is 6.04 Å². The third kappa shape index (κ3) is 1.72. The molecule has 1 aliphatic heterocycles. The van der Waals surface area contributed by atoms with Gasteiger partial charge in [0.25, 0.3) is 0 Å². The molecule has 0 saturated carbocycles. The minimum absolute atomic E-state index is 0.619. The summed E-state index contributed by atoms with van der Waals surface area (Å²) in [5.74, 6) is 1.68. The van der Waals surface area contributed by atoms with Crippen molar-refractivity contribution in [2.45, 2.75) is 39.2 Å². The molecule has 0 aliphatic carbocycles. The molecule has 1 heterocycles. The summed E-state index contributed by atoms with van der Waals surface area (Å²) in [5.41, 5.74) is 5.67. The molecule has 0 amide bonds. The van der Waals surface area contributed by atoms with E-state index in [9.17, 15) is 0 Å². The van der Waals surface area contributed by atoms with Gasteiger partial charge in [0.1, 0.15) is 0 Å². The monoisotopic (exact) mass is 141 g/mol. The van der Waals surface area contributed by atoms with E-state index < -0.39 is 0 Å². The fourth-order valence-electron chi connectivity index (χ4n) is 1.39. The number of hydrogen-bond acceptors (Lipinski definition) is 1. The van der Waals surface area contributed by atoms with Crippen LogP contribution in [-0.2, 0) is 0 Å². The van der Waals surface area contributed by atoms with Crippen LogP contribution >= 0.6 is 0 Å². The van der Waals surface area contributed by atoms with Crippen molar-refractivity contribution in [2.24, 2.45) is 11.7 Å². The van der Waals surface area contributed by atoms with Crippen LogP contribution in [0.1, 0.15) is 33.1 Å². The Morgan fingerprint density at radius 3 is 2.70 bits per heavy atom. The van der Waals surface area contributed by atoms with Crippen LogP contribution in [0.2, 0.25) is 0 Å². The Balaban J connectivity index is 2.53. The van der Waals surface area contributed by atoms with E-state index in [1.807, 2.05) is 0 Å². The number of nitrogens with two attached hydrogens (primary N) is 1. The molecule has 1 rings (SSSR count). The van der Waals surface area contributed by atoms with Gasteiger partial charge in [0.15, 0.2) is 0 Å². The summed E-state index contributed by atoms with van der Waals surface area (Å²) in [6.07, 6.45) is 3.59. The maximum absolute atomic E-state index is 5.67. The second-order valence-corrected chi connectivity index (χ2v) is 3.41. The molecule has 1 atom stereocenters. The maximum Gasteiger partial charge on any atom is 0.240 e. The van der Waals surface area contributed by atoms with Crippen LogP contribution in [-0.4, -0.2) is 11.9 Å². The van der Waals surface area contributed by atoms with Crippen LogP contribution in [0, 0.1) is 5.92 Å². The molecule has 0 fully saturated rings. The average molecular weight is 141 g/mol. The third-order valence-electron chi connectivity index (χ3n) is 2.14. The number of nitrogens with one attached hydrogen (secondary N) is 1. The second kappa shape index (κ2) is 3.04. The van der Waals surface area contributed by atoms with Crippen LogP contribution in [0.3, 0.4) is 0 Å². The molecule has 10 heavy (non-hydrogen) atoms. The molecule has 0 radical (unpaired) electrons. The van der Waals surface area contributed by atoms with Crippen molar-refractivity contribution in [3.8, 4) is 0 Å². The first-order chi connectivity index (χ1) is 4.70. The fraction of sp³-hybridized carbons (Fsp3) is 0.875. The molecular formula is C8H17N2+. The van der Waals surface area contributed by atoms with Crippen molar-refractivity contribution in [1.29, 1.82) is 0 Å². The summed E-state index contributed by atoms with van der Waals surface area (Å²) in [6.45, 7) is 4.46. The minimum atomic E-state index is 0.619. The Labute approximate surface area is 62.5 Å². The Kier molecular flexibility index (Phi) is 2.30. The van der Waals surface area contributed by atoms with Gasteiger partial charge >= 0.3 is 0 Å². The molecule has 0 bridgehead atoms. The highest BCUT2D eigenvalue weighted by molar-refractivity contribution is 5.74. The lowest BCUT2D eigenvalue weighted by molar-refractivity contribution is -0.520. The molecule has 2 nitrogen and oxygen atoms in total. The lowest BCUT2D eigenvalue weighted by atomic mass is 9.96. The highest BCUT2D eigenvalue weighted by Gasteiger charge is 2.19. The average Bonchev–Trinajstić information content (AvgIpc) is 1.88. The molecule has 58 valence electrons. The van der Waals surface area contributed by atoms with Gasteiger partial charge in [-0.05, 0) is 18.8 Å². The minimum Gasteiger partial charge on any atom is -0.291 e. The summed E-state index contributed by atoms with van der Waals surface area (Å²) < 4.78 is 0. The van der Waals surface area contributed by atoms with Gasteiger partial charge in [-0.15, -0.1) is 0 Å². The van der Waals surface area contributed by atoms with Crippen molar-refractivity contribution in [2.75, 3.05) is 0 Å². The predicted octanol–water partition coefficient (Wildman–Crippen LogP) is -0.367. The smallest absolute Gasteiger partial charge is 0.240 e. The Morgan fingerprint density at radius 1 is 1.60 bits per heavy atom. The second-order valence-electron chi connectivity index (χ2n) is 3.41. The van der Waals surface area contributed by atoms with Crippen LogP contribution in [0.25, 0.3) is 0 Å². The van der Waals surface area contributed by atoms with E-state index in [-0.39, 0.29) is 0 Å². The standard InChI is InChI=1S/C8H16N2/c1-6(2)7-4-3-5-8(9)10-7/h6-7H,3-5H2,1-2H3,(H2,9,10)/p+1. The summed E-state index contributed by atoms with van der Waals surface area (Å²) in [4.78, 5) is 3.31. The first-order valence-electron chi connectivity index (χ1n) is 4.08. The Bertz CT molecular complexity index is 138. The van der Waals surface area contributed by atoms with E-state index in [4.69, 9.17) is 5.73 Å². The van der Waals surface area contributed by atoms with Gasteiger partial charge in [0, 0.05) is 6.42 Å². The van der Waals surface area contributed by atoms with Gasteiger partial charge in [-0.2, -0.15) is 0 Å². The van der Waals surface area contributed by atoms with Gasteiger partial charge in [-0.25, -0.2) is 0 Å². The summed E-state index contributed by atoms with van der Waals surface area (Å²) in [6, 6.07) is 0.619. The summed E-state index contributed by atoms with van der Waals surface area (Å²) in [7, 11) is 0. The zero-order valence-electron chi connectivity index (χ0n) is 6.85. The van der Waals surface area contributed by atoms with Crippen LogP contribution in [0.4, 0.5) is 0 Å². The zero-order chi connectivity index (χ0) is 7.56. The van der Waals surface area contributed by atoms with Crippen molar-refractivity contribution in [1.82, 2.24) is 0 Å². The number of hydrogen-bond donors (Lipinski definition) is 2. The van der Waals surface area contributed by atoms with E-state index in [0.29, 0.717) is 12.0 Å². The van der Waals surface area contributed by atoms with E-state index in [0.717, 1.165) is 12.3 Å². The summed E-state index contributed by atoms with van der Waals surface area (Å²) >= 11 is 0. The molecule has 2 heteroatoms. The largest absolute Gasteiger partial charge is 0.291 e. The topological polar surface area (TPSA) is 40.0 Å². The zero-order valence-corrected chi connectivity index (χ0v) is 6.85. The van der Waals surface area contributed by atoms with Gasteiger partial charge < -0.3 is 0 Å². The molecule has 0 saturated heterocycles. The van der Waals surface area contributed by atoms with Crippen LogP contribution in [0.5, 0.6) is 0 Å². The van der Waals surface area contributed by atoms with E-state index in [1.165, 1.54) is 12.8 Å². The molecule has 1 unspecified atom stereocenters. The highest BCUT2D eigenvalue weighted by atomic mass is 14.9. The quantitative estimate of drug-likeness (QED) is 0.514. The van der Waals surface area contributed by atoms with Gasteiger partial charge in [0.2, 0.25) is 5.84 Å². The first-order valence-corrected chi connectivity index (χ1v) is 4.08. The molecule has 3 N–H and O–H groups in total. The Hall–Kier alpha value is -0.530. The van der Waals surface area contributed by atoms with Gasteiger partial charge in [-0.3, -0.25) is 10.7 Å². The number of rotatable bonds is 1. The number of amidine groups is 1. The summed E-state index contributed by atoms with van der Waals surface area (Å²) in [5, 5.41) is 0. The van der Waals surface area contributed by atoms with Crippen LogP contribution < -0.4 is 10.7 Å². The van der Waals surface area contributed by atoms with Crippen LogP contribution in [0.15, 0.2) is 0 Å². The van der Waals surface area contributed by atoms with Crippen molar-refractivity contribution in [3.63, 3.8) is 0 Å². The SMILES string of the molecule is CC(C)C1CCCC(N)=[NH+]1. The van der Waals surface area contributed by atoms with Gasteiger partial charge in [-0.1, -0.05) is 13.8 Å². The normalized spacial score (nSPS) is 26.7. The molecule has 0 aromatic carbocycles. The molecule has 0 aromatic heterocycles.